The zero-order valence-electron chi connectivity index (χ0n) is 22.4. The number of hydrogen-bond donors (Lipinski definition) is 2. The quantitative estimate of drug-likeness (QED) is 0.529. The molecule has 2 aromatic heterocycles. The van der Waals surface area contributed by atoms with Crippen LogP contribution in [0.4, 0.5) is 0 Å². The van der Waals surface area contributed by atoms with Crippen LogP contribution in [0.15, 0.2) is 23.1 Å². The van der Waals surface area contributed by atoms with Crippen molar-refractivity contribution in [3.8, 4) is 0 Å². The highest BCUT2D eigenvalue weighted by atomic mass is 16.5. The van der Waals surface area contributed by atoms with Gasteiger partial charge in [-0.25, -0.2) is 0 Å². The number of fused-ring (bicyclic) bond motifs is 3. The van der Waals surface area contributed by atoms with E-state index in [0.29, 0.717) is 30.7 Å². The Morgan fingerprint density at radius 2 is 1.79 bits per heavy atom. The monoisotopic (exact) mass is 522 g/mol. The third-order valence-electron chi connectivity index (χ3n) is 8.87. The molecule has 10 nitrogen and oxygen atoms in total. The van der Waals surface area contributed by atoms with Crippen LogP contribution in [0, 0.1) is 6.92 Å². The van der Waals surface area contributed by atoms with Crippen LogP contribution in [0.1, 0.15) is 47.6 Å². The molecule has 0 aliphatic carbocycles. The smallest absolute Gasteiger partial charge is 0.259 e. The molecular weight excluding hydrogens is 484 g/mol. The number of carbonyl (C=O) groups is 1. The average molecular weight is 523 g/mol. The molecule has 3 fully saturated rings. The van der Waals surface area contributed by atoms with Gasteiger partial charge in [0.2, 0.25) is 0 Å². The number of nitrogens with one attached hydrogen (secondary N) is 2. The minimum atomic E-state index is -0.155. The molecule has 204 valence electrons. The van der Waals surface area contributed by atoms with Crippen LogP contribution >= 0.6 is 0 Å². The van der Waals surface area contributed by atoms with E-state index in [1.165, 1.54) is 0 Å². The lowest BCUT2D eigenvalue weighted by atomic mass is 9.85. The number of amides is 1. The summed E-state index contributed by atoms with van der Waals surface area (Å²) in [6.07, 6.45) is 5.39. The normalized spacial score (nSPS) is 21.7. The molecule has 2 N–H and O–H groups in total. The number of carbonyl (C=O) groups excluding carboxylic acids is 1. The van der Waals surface area contributed by atoms with Crippen LogP contribution in [0.25, 0.3) is 21.8 Å². The van der Waals surface area contributed by atoms with Crippen LogP contribution in [-0.2, 0) is 9.47 Å². The summed E-state index contributed by atoms with van der Waals surface area (Å²) in [7, 11) is 2.16. The number of H-pyrrole nitrogens is 1. The number of pyridine rings is 1. The first-order valence-corrected chi connectivity index (χ1v) is 13.9. The fraction of sp³-hybridized carbons (Fsp3) is 0.607. The first kappa shape index (κ1) is 25.5. The van der Waals surface area contributed by atoms with Gasteiger partial charge in [0.15, 0.2) is 0 Å². The largest absolute Gasteiger partial charge is 0.381 e. The highest BCUT2D eigenvalue weighted by molar-refractivity contribution is 6.07. The Bertz CT molecular complexity index is 1380. The van der Waals surface area contributed by atoms with Gasteiger partial charge >= 0.3 is 0 Å². The third-order valence-corrected chi connectivity index (χ3v) is 8.87. The first-order chi connectivity index (χ1) is 18.4. The van der Waals surface area contributed by atoms with Crippen molar-refractivity contribution in [2.75, 3.05) is 66.2 Å². The second kappa shape index (κ2) is 10.4. The van der Waals surface area contributed by atoms with Crippen molar-refractivity contribution in [2.45, 2.75) is 44.2 Å². The summed E-state index contributed by atoms with van der Waals surface area (Å²) in [5.74, 6) is -0.0764. The number of piperidine rings is 1. The fourth-order valence-corrected chi connectivity index (χ4v) is 6.46. The van der Waals surface area contributed by atoms with Gasteiger partial charge in [0.1, 0.15) is 0 Å². The Balaban J connectivity index is 1.33. The molecule has 0 bridgehead atoms. The lowest BCUT2D eigenvalue weighted by molar-refractivity contribution is -0.0439. The van der Waals surface area contributed by atoms with E-state index < -0.39 is 0 Å². The van der Waals surface area contributed by atoms with Crippen molar-refractivity contribution in [3.05, 3.63) is 39.8 Å². The number of aryl methyl sites for hydroxylation is 1. The second-order valence-corrected chi connectivity index (χ2v) is 11.2. The van der Waals surface area contributed by atoms with Gasteiger partial charge in [-0.1, -0.05) is 0 Å². The fourth-order valence-electron chi connectivity index (χ4n) is 6.46. The van der Waals surface area contributed by atoms with Gasteiger partial charge in [0.25, 0.3) is 11.5 Å². The number of hydrogen-bond acceptors (Lipinski definition) is 7. The van der Waals surface area contributed by atoms with Gasteiger partial charge in [0.05, 0.1) is 41.9 Å². The number of ether oxygens (including phenoxy) is 2. The van der Waals surface area contributed by atoms with Crippen LogP contribution in [0.5, 0.6) is 0 Å². The maximum Gasteiger partial charge on any atom is 0.259 e. The maximum atomic E-state index is 13.7. The molecule has 1 aromatic carbocycles. The molecule has 6 rings (SSSR count). The van der Waals surface area contributed by atoms with E-state index in [2.05, 4.69) is 32.2 Å². The minimum Gasteiger partial charge on any atom is -0.381 e. The molecule has 3 aliphatic rings. The maximum absolute atomic E-state index is 13.7. The van der Waals surface area contributed by atoms with Crippen molar-refractivity contribution in [1.82, 2.24) is 29.9 Å². The third kappa shape index (κ3) is 4.64. The van der Waals surface area contributed by atoms with Crippen LogP contribution in [0.2, 0.25) is 0 Å². The summed E-state index contributed by atoms with van der Waals surface area (Å²) < 4.78 is 13.1. The number of aromatic amines is 1. The first-order valence-electron chi connectivity index (χ1n) is 13.9. The second-order valence-electron chi connectivity index (χ2n) is 11.2. The molecular formula is C28H38N6O4. The number of rotatable bonds is 5. The number of morpholine rings is 1. The van der Waals surface area contributed by atoms with Crippen molar-refractivity contribution >= 4 is 27.7 Å². The molecule has 0 unspecified atom stereocenters. The SMILES string of the molecule is Cc1cc2[nH]c(=O)c3cnn(C4CCOCC4)c3c2cc1C(=O)NCC1(N2CCOCC2)CCN(C)CC1. The van der Waals surface area contributed by atoms with Gasteiger partial charge in [-0.15, -0.1) is 0 Å². The van der Waals surface area contributed by atoms with Gasteiger partial charge in [-0.05, 0) is 70.4 Å². The summed E-state index contributed by atoms with van der Waals surface area (Å²) in [6, 6.07) is 4.02. The lowest BCUT2D eigenvalue weighted by Crippen LogP contribution is -2.62. The van der Waals surface area contributed by atoms with E-state index in [1.54, 1.807) is 6.20 Å². The van der Waals surface area contributed by atoms with Crippen LogP contribution in [0.3, 0.4) is 0 Å². The molecule has 3 aromatic rings. The minimum absolute atomic E-state index is 0.0587. The Labute approximate surface area is 222 Å². The highest BCUT2D eigenvalue weighted by Gasteiger charge is 2.40. The molecule has 1 amide bonds. The highest BCUT2D eigenvalue weighted by Crippen LogP contribution is 2.31. The Morgan fingerprint density at radius 1 is 1.08 bits per heavy atom. The molecule has 3 saturated heterocycles. The van der Waals surface area contributed by atoms with Crippen molar-refractivity contribution < 1.29 is 14.3 Å². The van der Waals surface area contributed by atoms with E-state index in [1.807, 2.05) is 23.7 Å². The Hall–Kier alpha value is -2.79. The topological polar surface area (TPSA) is 105 Å². The Kier molecular flexibility index (Phi) is 6.98. The van der Waals surface area contributed by atoms with E-state index in [4.69, 9.17) is 9.47 Å². The van der Waals surface area contributed by atoms with E-state index in [9.17, 15) is 9.59 Å². The van der Waals surface area contributed by atoms with Gasteiger partial charge in [0, 0.05) is 49.3 Å². The standard InChI is InChI=1S/C28H38N6O4/c1-19-15-24-22(25-23(27(36)31-24)17-30-34(25)20-3-11-37-12-4-20)16-21(19)26(35)29-18-28(5-7-32(2)8-6-28)33-9-13-38-14-10-33/h15-17,20H,3-14,18H2,1-2H3,(H,29,35)(H,31,36). The summed E-state index contributed by atoms with van der Waals surface area (Å²) in [4.78, 5) is 34.5. The number of aromatic nitrogens is 3. The molecule has 10 heteroatoms. The summed E-state index contributed by atoms with van der Waals surface area (Å²) in [5, 5.41) is 9.32. The molecule has 0 radical (unpaired) electrons. The predicted octanol–water partition coefficient (Wildman–Crippen LogP) is 2.06. The van der Waals surface area contributed by atoms with Crippen LogP contribution < -0.4 is 10.9 Å². The average Bonchev–Trinajstić information content (AvgIpc) is 3.40. The molecule has 3 aliphatic heterocycles. The van der Waals surface area contributed by atoms with Gasteiger partial charge in [-0.3, -0.25) is 19.2 Å². The van der Waals surface area contributed by atoms with Crippen molar-refractivity contribution in [3.63, 3.8) is 0 Å². The zero-order valence-corrected chi connectivity index (χ0v) is 22.4. The summed E-state index contributed by atoms with van der Waals surface area (Å²) >= 11 is 0. The van der Waals surface area contributed by atoms with Crippen molar-refractivity contribution in [1.29, 1.82) is 0 Å². The summed E-state index contributed by atoms with van der Waals surface area (Å²) in [5.41, 5.74) is 2.78. The van der Waals surface area contributed by atoms with E-state index in [0.717, 1.165) is 87.1 Å². The van der Waals surface area contributed by atoms with Crippen LogP contribution in [-0.4, -0.2) is 102 Å². The van der Waals surface area contributed by atoms with Gasteiger partial charge in [-0.2, -0.15) is 5.10 Å². The lowest BCUT2D eigenvalue weighted by Gasteiger charge is -2.49. The van der Waals surface area contributed by atoms with E-state index in [-0.39, 0.29) is 23.0 Å². The zero-order chi connectivity index (χ0) is 26.3. The number of nitrogens with zero attached hydrogens (tertiary/aromatic N) is 4. The van der Waals surface area contributed by atoms with E-state index >= 15 is 0 Å². The molecule has 0 saturated carbocycles. The molecule has 0 spiro atoms. The molecule has 5 heterocycles. The summed E-state index contributed by atoms with van der Waals surface area (Å²) in [6.45, 7) is 9.22. The predicted molar refractivity (Wildman–Crippen MR) is 146 cm³/mol. The number of likely N-dealkylation sites (tertiary alicyclic amines) is 1. The molecule has 0 atom stereocenters. The van der Waals surface area contributed by atoms with Gasteiger partial charge < -0.3 is 24.7 Å². The number of benzene rings is 1. The Morgan fingerprint density at radius 3 is 2.53 bits per heavy atom. The van der Waals surface area contributed by atoms with Crippen molar-refractivity contribution in [2.24, 2.45) is 0 Å². The molecule has 38 heavy (non-hydrogen) atoms.